The van der Waals surface area contributed by atoms with Crippen LogP contribution in [0.4, 0.5) is 0 Å². The van der Waals surface area contributed by atoms with Gasteiger partial charge >= 0.3 is 0 Å². The summed E-state index contributed by atoms with van der Waals surface area (Å²) in [5.41, 5.74) is 2.60. The summed E-state index contributed by atoms with van der Waals surface area (Å²) in [7, 11) is 1.78. The first kappa shape index (κ1) is 16.8. The largest absolute Gasteiger partial charge is 0.356 e. The molecule has 2 aliphatic heterocycles. The highest BCUT2D eigenvalue weighted by atomic mass is 16.2. The van der Waals surface area contributed by atoms with E-state index in [1.807, 2.05) is 60.7 Å². The Kier molecular flexibility index (Phi) is 4.30. The van der Waals surface area contributed by atoms with Crippen molar-refractivity contribution in [1.82, 2.24) is 19.7 Å². The number of benzene rings is 2. The summed E-state index contributed by atoms with van der Waals surface area (Å²) in [5.74, 6) is -0.266. The molecule has 2 heterocycles. The van der Waals surface area contributed by atoms with Crippen molar-refractivity contribution in [3.63, 3.8) is 0 Å². The van der Waals surface area contributed by atoms with Crippen LogP contribution in [-0.2, 0) is 13.6 Å². The third-order valence-electron chi connectivity index (χ3n) is 4.34. The first-order chi connectivity index (χ1) is 13.1. The van der Waals surface area contributed by atoms with Crippen LogP contribution in [0.3, 0.4) is 0 Å². The minimum absolute atomic E-state index is 0.246. The van der Waals surface area contributed by atoms with Crippen LogP contribution in [0.25, 0.3) is 16.9 Å². The molecule has 6 nitrogen and oxygen atoms in total. The van der Waals surface area contributed by atoms with Gasteiger partial charge in [0, 0.05) is 26.0 Å². The van der Waals surface area contributed by atoms with E-state index in [-0.39, 0.29) is 11.5 Å². The molecule has 0 saturated heterocycles. The average molecular weight is 358 g/mol. The Morgan fingerprint density at radius 2 is 1.67 bits per heavy atom. The van der Waals surface area contributed by atoms with Gasteiger partial charge in [-0.05, 0) is 17.7 Å². The molecule has 1 amide bonds. The molecule has 0 spiro atoms. The van der Waals surface area contributed by atoms with Crippen LogP contribution in [0.1, 0.15) is 15.9 Å². The van der Waals surface area contributed by atoms with Crippen molar-refractivity contribution < 1.29 is 4.79 Å². The van der Waals surface area contributed by atoms with Crippen LogP contribution in [0, 0.1) is 0 Å². The van der Waals surface area contributed by atoms with Gasteiger partial charge in [-0.25, -0.2) is 0 Å². The highest BCUT2D eigenvalue weighted by Crippen LogP contribution is 2.21. The maximum atomic E-state index is 12.8. The molecular formula is C21H18N4O2. The Morgan fingerprint density at radius 1 is 1.00 bits per heavy atom. The third kappa shape index (κ3) is 3.25. The first-order valence-corrected chi connectivity index (χ1v) is 8.60. The van der Waals surface area contributed by atoms with Gasteiger partial charge in [0.1, 0.15) is 5.69 Å². The lowest BCUT2D eigenvalue weighted by molar-refractivity contribution is 0.0950. The third-order valence-corrected chi connectivity index (χ3v) is 4.34. The predicted octanol–water partition coefficient (Wildman–Crippen LogP) is 2.61. The van der Waals surface area contributed by atoms with Gasteiger partial charge in [-0.15, -0.1) is 0 Å². The maximum Gasteiger partial charge on any atom is 0.282 e. The van der Waals surface area contributed by atoms with Gasteiger partial charge in [0.05, 0.1) is 16.8 Å². The average Bonchev–Trinajstić information content (AvgIpc) is 3.03. The standard InChI is InChI=1S/C21H18N4O2/c1-24-13-17(20(26)22-12-15-8-4-2-5-9-15)19-18(14-24)21(27)25(23-19)16-10-6-3-7-11-16/h2-11,13-14H,12H2,1H3,(H,22,26). The van der Waals surface area contributed by atoms with Crippen molar-refractivity contribution >= 4 is 5.91 Å². The van der Waals surface area contributed by atoms with Crippen molar-refractivity contribution in [2.75, 3.05) is 0 Å². The van der Waals surface area contributed by atoms with E-state index >= 15 is 0 Å². The molecular weight excluding hydrogens is 340 g/mol. The molecule has 2 aromatic carbocycles. The molecule has 4 rings (SSSR count). The minimum Gasteiger partial charge on any atom is -0.356 e. The van der Waals surface area contributed by atoms with E-state index in [0.717, 1.165) is 5.56 Å². The smallest absolute Gasteiger partial charge is 0.282 e. The molecule has 0 fully saturated rings. The molecule has 0 radical (unpaired) electrons. The molecule has 134 valence electrons. The minimum atomic E-state index is -0.266. The van der Waals surface area contributed by atoms with Crippen molar-refractivity contribution in [3.8, 4) is 16.9 Å². The Labute approximate surface area is 156 Å². The number of carbonyl (C=O) groups excluding carboxylic acids is 1. The Morgan fingerprint density at radius 3 is 2.37 bits per heavy atom. The topological polar surface area (TPSA) is 68.9 Å². The first-order valence-electron chi connectivity index (χ1n) is 8.60. The van der Waals surface area contributed by atoms with Gasteiger partial charge in [-0.3, -0.25) is 9.59 Å². The van der Waals surface area contributed by atoms with Crippen molar-refractivity contribution in [1.29, 1.82) is 0 Å². The predicted molar refractivity (Wildman–Crippen MR) is 103 cm³/mol. The number of aromatic nitrogens is 3. The fraction of sp³-hybridized carbons (Fsp3) is 0.0952. The molecule has 1 N–H and O–H groups in total. The molecule has 0 aromatic heterocycles. The number of nitrogens with zero attached hydrogens (tertiary/aromatic N) is 3. The number of para-hydroxylation sites is 1. The zero-order valence-electron chi connectivity index (χ0n) is 14.8. The van der Waals surface area contributed by atoms with Crippen LogP contribution in [-0.4, -0.2) is 20.3 Å². The van der Waals surface area contributed by atoms with Gasteiger partial charge in [-0.2, -0.15) is 9.78 Å². The van der Waals surface area contributed by atoms with Gasteiger partial charge in [0.25, 0.3) is 11.5 Å². The molecule has 2 aliphatic rings. The Hall–Kier alpha value is -3.67. The highest BCUT2D eigenvalue weighted by Gasteiger charge is 2.23. The normalized spacial score (nSPS) is 10.9. The van der Waals surface area contributed by atoms with Gasteiger partial charge in [0.15, 0.2) is 0 Å². The van der Waals surface area contributed by atoms with E-state index in [1.165, 1.54) is 4.68 Å². The monoisotopic (exact) mass is 358 g/mol. The molecule has 0 bridgehead atoms. The van der Waals surface area contributed by atoms with E-state index in [4.69, 9.17) is 0 Å². The number of amides is 1. The molecule has 6 heteroatoms. The van der Waals surface area contributed by atoms with Crippen molar-refractivity contribution in [2.45, 2.75) is 6.54 Å². The fourth-order valence-corrected chi connectivity index (χ4v) is 3.02. The highest BCUT2D eigenvalue weighted by molar-refractivity contribution is 5.99. The fourth-order valence-electron chi connectivity index (χ4n) is 3.02. The Bertz CT molecular complexity index is 1110. The maximum absolute atomic E-state index is 12.8. The molecule has 0 aliphatic carbocycles. The van der Waals surface area contributed by atoms with E-state index in [1.54, 1.807) is 24.0 Å². The quantitative estimate of drug-likeness (QED) is 0.610. The summed E-state index contributed by atoms with van der Waals surface area (Å²) < 4.78 is 3.04. The second kappa shape index (κ2) is 6.92. The second-order valence-corrected chi connectivity index (χ2v) is 6.32. The number of hydrogen-bond acceptors (Lipinski definition) is 3. The van der Waals surface area contributed by atoms with E-state index in [9.17, 15) is 9.59 Å². The van der Waals surface area contributed by atoms with Crippen LogP contribution in [0.2, 0.25) is 0 Å². The zero-order chi connectivity index (χ0) is 18.8. The summed E-state index contributed by atoms with van der Waals surface area (Å²) in [6.45, 7) is 0.406. The molecule has 0 unspecified atom stereocenters. The summed E-state index contributed by atoms with van der Waals surface area (Å²) in [5, 5.41) is 7.33. The van der Waals surface area contributed by atoms with E-state index in [0.29, 0.717) is 29.1 Å². The lowest BCUT2D eigenvalue weighted by Crippen LogP contribution is -2.24. The summed E-state index contributed by atoms with van der Waals surface area (Å²) in [6, 6.07) is 18.8. The number of rotatable bonds is 4. The molecule has 2 aromatic rings. The zero-order valence-corrected chi connectivity index (χ0v) is 14.8. The van der Waals surface area contributed by atoms with E-state index < -0.39 is 0 Å². The van der Waals surface area contributed by atoms with Crippen molar-refractivity contribution in [3.05, 3.63) is 94.5 Å². The van der Waals surface area contributed by atoms with Gasteiger partial charge < -0.3 is 9.88 Å². The second-order valence-electron chi connectivity index (χ2n) is 6.32. The SMILES string of the molecule is Cn1cc(C(=O)NCc2ccccc2)c2nn(-c3ccccc3)c(=O)c-2c1. The van der Waals surface area contributed by atoms with Crippen LogP contribution in [0.5, 0.6) is 0 Å². The Balaban J connectivity index is 1.72. The van der Waals surface area contributed by atoms with Crippen LogP contribution < -0.4 is 10.9 Å². The lowest BCUT2D eigenvalue weighted by atomic mass is 10.1. The number of hydrogen-bond donors (Lipinski definition) is 1. The lowest BCUT2D eigenvalue weighted by Gasteiger charge is -2.10. The number of fused-ring (bicyclic) bond motifs is 1. The molecule has 27 heavy (non-hydrogen) atoms. The number of nitrogens with one attached hydrogen (secondary N) is 1. The summed E-state index contributed by atoms with van der Waals surface area (Å²) in [6.07, 6.45) is 3.38. The summed E-state index contributed by atoms with van der Waals surface area (Å²) in [4.78, 5) is 25.6. The van der Waals surface area contributed by atoms with Gasteiger partial charge in [0.2, 0.25) is 0 Å². The summed E-state index contributed by atoms with van der Waals surface area (Å²) >= 11 is 0. The van der Waals surface area contributed by atoms with Crippen LogP contribution >= 0.6 is 0 Å². The number of carbonyl (C=O) groups is 1. The molecule has 0 saturated carbocycles. The molecule has 0 atom stereocenters. The number of pyridine rings is 1. The van der Waals surface area contributed by atoms with Crippen LogP contribution in [0.15, 0.2) is 77.9 Å². The number of aryl methyl sites for hydroxylation is 1. The van der Waals surface area contributed by atoms with Crippen molar-refractivity contribution in [2.24, 2.45) is 7.05 Å². The van der Waals surface area contributed by atoms with Gasteiger partial charge in [-0.1, -0.05) is 48.5 Å². The van der Waals surface area contributed by atoms with E-state index in [2.05, 4.69) is 10.4 Å².